The minimum atomic E-state index is -4.59. The Bertz CT molecular complexity index is 789. The van der Waals surface area contributed by atoms with Crippen LogP contribution in [0.2, 0.25) is 0 Å². The first-order chi connectivity index (χ1) is 10.4. The van der Waals surface area contributed by atoms with Crippen molar-refractivity contribution in [2.75, 3.05) is 17.2 Å². The van der Waals surface area contributed by atoms with E-state index >= 15 is 0 Å². The van der Waals surface area contributed by atoms with Gasteiger partial charge in [-0.15, -0.1) is 3.89 Å². The molecule has 6 nitrogen and oxygen atoms in total. The van der Waals surface area contributed by atoms with Gasteiger partial charge in [0.2, 0.25) is 5.91 Å². The molecule has 0 saturated carbocycles. The predicted molar refractivity (Wildman–Crippen MR) is 78.9 cm³/mol. The number of hydrogen-bond donors (Lipinski definition) is 0. The zero-order chi connectivity index (χ0) is 15.7. The highest BCUT2D eigenvalue weighted by Gasteiger charge is 2.34. The number of hydrogen-bond acceptors (Lipinski definition) is 4. The molecule has 0 N–H and O–H groups in total. The summed E-state index contributed by atoms with van der Waals surface area (Å²) in [5.74, 6) is -1.37. The van der Waals surface area contributed by atoms with Crippen LogP contribution in [-0.2, 0) is 15.0 Å². The molecular formula is C14H14FN3O3S. The molecule has 0 aliphatic carbocycles. The summed E-state index contributed by atoms with van der Waals surface area (Å²) in [6.45, 7) is 0.181. The third-order valence-corrected chi connectivity index (χ3v) is 4.43. The van der Waals surface area contributed by atoms with Crippen molar-refractivity contribution in [1.82, 2.24) is 9.78 Å². The smallest absolute Gasteiger partial charge is 0.302 e. The van der Waals surface area contributed by atoms with Crippen LogP contribution in [0, 0.1) is 5.92 Å². The Morgan fingerprint density at radius 3 is 2.59 bits per heavy atom. The van der Waals surface area contributed by atoms with Gasteiger partial charge in [0, 0.05) is 31.3 Å². The van der Waals surface area contributed by atoms with Crippen LogP contribution in [0.4, 0.5) is 9.57 Å². The van der Waals surface area contributed by atoms with E-state index in [0.29, 0.717) is 11.4 Å². The van der Waals surface area contributed by atoms with Crippen LogP contribution in [0.15, 0.2) is 42.7 Å². The van der Waals surface area contributed by atoms with E-state index < -0.39 is 21.9 Å². The van der Waals surface area contributed by atoms with E-state index in [4.69, 9.17) is 0 Å². The second kappa shape index (κ2) is 5.53. The molecule has 1 aromatic carbocycles. The standard InChI is InChI=1S/C14H14FN3O3S/c15-22(20,21)10-11-8-14(19)17(9-11)12-4-1-2-5-13(12)18-7-3-6-16-18/h1-7,11H,8-10H2. The third-order valence-electron chi connectivity index (χ3n) is 3.56. The Morgan fingerprint density at radius 1 is 1.23 bits per heavy atom. The largest absolute Gasteiger partial charge is 0.310 e. The first-order valence-corrected chi connectivity index (χ1v) is 8.31. The van der Waals surface area contributed by atoms with Gasteiger partial charge in [-0.2, -0.15) is 13.5 Å². The minimum Gasteiger partial charge on any atom is -0.310 e. The molecule has 1 aromatic heterocycles. The van der Waals surface area contributed by atoms with Crippen LogP contribution < -0.4 is 4.90 Å². The highest BCUT2D eigenvalue weighted by atomic mass is 32.3. The van der Waals surface area contributed by atoms with Crippen LogP contribution in [0.5, 0.6) is 0 Å². The molecule has 0 bridgehead atoms. The first kappa shape index (κ1) is 14.7. The zero-order valence-electron chi connectivity index (χ0n) is 11.6. The Morgan fingerprint density at radius 2 is 1.95 bits per heavy atom. The summed E-state index contributed by atoms with van der Waals surface area (Å²) < 4.78 is 36.0. The number of carbonyl (C=O) groups is 1. The molecule has 2 heterocycles. The number of aromatic nitrogens is 2. The lowest BCUT2D eigenvalue weighted by Crippen LogP contribution is -2.26. The molecule has 1 aliphatic heterocycles. The molecule has 3 rings (SSSR count). The minimum absolute atomic E-state index is 0.0244. The molecule has 1 saturated heterocycles. The first-order valence-electron chi connectivity index (χ1n) is 6.76. The lowest BCUT2D eigenvalue weighted by atomic mass is 10.1. The van der Waals surface area contributed by atoms with Gasteiger partial charge in [0.15, 0.2) is 0 Å². The summed E-state index contributed by atoms with van der Waals surface area (Å²) in [7, 11) is -4.59. The maximum absolute atomic E-state index is 12.8. The summed E-state index contributed by atoms with van der Waals surface area (Å²) >= 11 is 0. The lowest BCUT2D eigenvalue weighted by molar-refractivity contribution is -0.117. The maximum atomic E-state index is 12.8. The summed E-state index contributed by atoms with van der Waals surface area (Å²) in [4.78, 5) is 13.7. The summed E-state index contributed by atoms with van der Waals surface area (Å²) in [6.07, 6.45) is 3.40. The molecule has 1 atom stereocenters. The molecule has 1 amide bonds. The maximum Gasteiger partial charge on any atom is 0.302 e. The highest BCUT2D eigenvalue weighted by Crippen LogP contribution is 2.30. The van der Waals surface area contributed by atoms with Crippen LogP contribution in [0.3, 0.4) is 0 Å². The van der Waals surface area contributed by atoms with Crippen LogP contribution in [0.25, 0.3) is 5.69 Å². The average molecular weight is 323 g/mol. The van der Waals surface area contributed by atoms with Gasteiger partial charge >= 0.3 is 10.2 Å². The molecule has 1 aliphatic rings. The van der Waals surface area contributed by atoms with Crippen LogP contribution >= 0.6 is 0 Å². The summed E-state index contributed by atoms with van der Waals surface area (Å²) in [5.41, 5.74) is 1.35. The molecular weight excluding hydrogens is 309 g/mol. The molecule has 22 heavy (non-hydrogen) atoms. The van der Waals surface area contributed by atoms with Gasteiger partial charge in [0.05, 0.1) is 17.1 Å². The van der Waals surface area contributed by atoms with Gasteiger partial charge in [-0.3, -0.25) is 4.79 Å². The van der Waals surface area contributed by atoms with E-state index in [0.717, 1.165) is 0 Å². The van der Waals surface area contributed by atoms with E-state index in [1.165, 1.54) is 4.90 Å². The van der Waals surface area contributed by atoms with E-state index in [1.807, 2.05) is 12.1 Å². The average Bonchev–Trinajstić information content (AvgIpc) is 3.07. The Hall–Kier alpha value is -2.22. The van der Waals surface area contributed by atoms with Crippen molar-refractivity contribution in [3.05, 3.63) is 42.7 Å². The van der Waals surface area contributed by atoms with E-state index in [-0.39, 0.29) is 18.9 Å². The highest BCUT2D eigenvalue weighted by molar-refractivity contribution is 7.86. The molecule has 0 spiro atoms. The van der Waals surface area contributed by atoms with E-state index in [2.05, 4.69) is 5.10 Å². The van der Waals surface area contributed by atoms with Gasteiger partial charge in [0.1, 0.15) is 0 Å². The van der Waals surface area contributed by atoms with Gasteiger partial charge < -0.3 is 4.90 Å². The van der Waals surface area contributed by atoms with Crippen molar-refractivity contribution in [3.8, 4) is 5.69 Å². The number of nitrogens with zero attached hydrogens (tertiary/aromatic N) is 3. The Labute approximate surface area is 127 Å². The lowest BCUT2D eigenvalue weighted by Gasteiger charge is -2.20. The van der Waals surface area contributed by atoms with Gasteiger partial charge in [-0.25, -0.2) is 4.68 Å². The number of amides is 1. The fourth-order valence-electron chi connectivity index (χ4n) is 2.71. The predicted octanol–water partition coefficient (Wildman–Crippen LogP) is 1.52. The zero-order valence-corrected chi connectivity index (χ0v) is 12.4. The fourth-order valence-corrected chi connectivity index (χ4v) is 3.49. The number of halogens is 1. The van der Waals surface area contributed by atoms with E-state index in [1.54, 1.807) is 35.3 Å². The number of carbonyl (C=O) groups excluding carboxylic acids is 1. The van der Waals surface area contributed by atoms with Crippen molar-refractivity contribution < 1.29 is 17.1 Å². The summed E-state index contributed by atoms with van der Waals surface area (Å²) in [5, 5.41) is 4.14. The Kier molecular flexibility index (Phi) is 3.69. The SMILES string of the molecule is O=C1CC(CS(=O)(=O)F)CN1c1ccccc1-n1cccn1. The Balaban J connectivity index is 1.91. The number of anilines is 1. The third kappa shape index (κ3) is 3.01. The normalized spacial score (nSPS) is 18.9. The van der Waals surface area contributed by atoms with Crippen molar-refractivity contribution in [3.63, 3.8) is 0 Å². The second-order valence-corrected chi connectivity index (χ2v) is 6.63. The molecule has 2 aromatic rings. The van der Waals surface area contributed by atoms with Crippen molar-refractivity contribution in [2.24, 2.45) is 5.92 Å². The molecule has 0 radical (unpaired) electrons. The quantitative estimate of drug-likeness (QED) is 0.800. The number of benzene rings is 1. The summed E-state index contributed by atoms with van der Waals surface area (Å²) in [6, 6.07) is 8.95. The van der Waals surface area contributed by atoms with Crippen molar-refractivity contribution in [1.29, 1.82) is 0 Å². The number of para-hydroxylation sites is 2. The van der Waals surface area contributed by atoms with Gasteiger partial charge in [-0.05, 0) is 18.2 Å². The van der Waals surface area contributed by atoms with Crippen molar-refractivity contribution in [2.45, 2.75) is 6.42 Å². The monoisotopic (exact) mass is 323 g/mol. The van der Waals surface area contributed by atoms with Crippen molar-refractivity contribution >= 4 is 21.8 Å². The van der Waals surface area contributed by atoms with Gasteiger partial charge in [-0.1, -0.05) is 12.1 Å². The fraction of sp³-hybridized carbons (Fsp3) is 0.286. The molecule has 1 unspecified atom stereocenters. The molecule has 116 valence electrons. The molecule has 8 heteroatoms. The topological polar surface area (TPSA) is 72.3 Å². The van der Waals surface area contributed by atoms with Crippen LogP contribution in [-0.4, -0.2) is 36.4 Å². The molecule has 1 fully saturated rings. The van der Waals surface area contributed by atoms with E-state index in [9.17, 15) is 17.1 Å². The number of rotatable bonds is 4. The van der Waals surface area contributed by atoms with Gasteiger partial charge in [0.25, 0.3) is 0 Å². The second-order valence-electron chi connectivity index (χ2n) is 5.22. The van der Waals surface area contributed by atoms with Crippen LogP contribution in [0.1, 0.15) is 6.42 Å².